The monoisotopic (exact) mass is 380 g/mol. The second kappa shape index (κ2) is 6.71. The van der Waals surface area contributed by atoms with Crippen LogP contribution in [0.5, 0.6) is 0 Å². The molecular weight excluding hydrogens is 357 g/mol. The fourth-order valence-corrected chi connectivity index (χ4v) is 3.39. The molecule has 1 aliphatic carbocycles. The molecule has 1 heterocycles. The van der Waals surface area contributed by atoms with E-state index in [2.05, 4.69) is 0 Å². The summed E-state index contributed by atoms with van der Waals surface area (Å²) < 4.78 is 44.1. The summed E-state index contributed by atoms with van der Waals surface area (Å²) in [6.07, 6.45) is -7.00. The highest BCUT2D eigenvalue weighted by Gasteiger charge is 2.58. The van der Waals surface area contributed by atoms with E-state index in [0.717, 1.165) is 4.90 Å². The van der Waals surface area contributed by atoms with Gasteiger partial charge < -0.3 is 14.7 Å². The van der Waals surface area contributed by atoms with Gasteiger partial charge in [-0.3, -0.25) is 9.59 Å². The molecule has 1 N–H and O–H groups in total. The second-order valence-corrected chi connectivity index (χ2v) is 7.65. The number of imide groups is 1. The second-order valence-electron chi connectivity index (χ2n) is 7.65. The van der Waals surface area contributed by atoms with Crippen molar-refractivity contribution in [3.8, 4) is 0 Å². The topological polar surface area (TPSA) is 87.2 Å². The van der Waals surface area contributed by atoms with E-state index in [4.69, 9.17) is 4.74 Å². The number of piperazine rings is 1. The molecule has 0 radical (unpaired) electrons. The van der Waals surface area contributed by atoms with E-state index in [9.17, 15) is 32.7 Å². The van der Waals surface area contributed by atoms with E-state index >= 15 is 0 Å². The summed E-state index contributed by atoms with van der Waals surface area (Å²) in [5, 5.41) is 9.68. The summed E-state index contributed by atoms with van der Waals surface area (Å²) in [7, 11) is 0. The van der Waals surface area contributed by atoms with E-state index < -0.39 is 47.9 Å². The van der Waals surface area contributed by atoms with Crippen LogP contribution in [0.25, 0.3) is 0 Å². The third-order valence-corrected chi connectivity index (χ3v) is 4.59. The lowest BCUT2D eigenvalue weighted by Crippen LogP contribution is -2.70. The fourth-order valence-electron chi connectivity index (χ4n) is 3.39. The minimum atomic E-state index is -5.13. The van der Waals surface area contributed by atoms with Crippen LogP contribution in [0.2, 0.25) is 0 Å². The van der Waals surface area contributed by atoms with Crippen LogP contribution in [0.4, 0.5) is 18.0 Å². The third-order valence-electron chi connectivity index (χ3n) is 4.59. The van der Waals surface area contributed by atoms with Gasteiger partial charge in [-0.15, -0.1) is 0 Å². The Morgan fingerprint density at radius 1 is 1.15 bits per heavy atom. The molecule has 0 unspecified atom stereocenters. The van der Waals surface area contributed by atoms with Crippen LogP contribution < -0.4 is 0 Å². The molecule has 1 saturated carbocycles. The standard InChI is InChI=1S/C16H23F3N2O5/c1-14(2,3)26-13(25)20-8-9-21(12(24)16(17,18)19)15(11(20)23)6-4-10(22)5-7-15/h10,22H,4-9H2,1-3H3/t10-,15+. The summed E-state index contributed by atoms with van der Waals surface area (Å²) in [5.74, 6) is -2.99. The Balaban J connectivity index is 2.35. The third kappa shape index (κ3) is 3.94. The first-order chi connectivity index (χ1) is 11.8. The normalized spacial score (nSPS) is 27.7. The Hall–Kier alpha value is -1.84. The van der Waals surface area contributed by atoms with Crippen molar-refractivity contribution in [3.63, 3.8) is 0 Å². The summed E-state index contributed by atoms with van der Waals surface area (Å²) in [5.41, 5.74) is -2.67. The molecule has 0 atom stereocenters. The van der Waals surface area contributed by atoms with Gasteiger partial charge in [0.25, 0.3) is 5.91 Å². The van der Waals surface area contributed by atoms with E-state index in [0.29, 0.717) is 4.90 Å². The van der Waals surface area contributed by atoms with Crippen LogP contribution >= 0.6 is 0 Å². The summed E-state index contributed by atoms with van der Waals surface area (Å²) in [6, 6.07) is 0. The summed E-state index contributed by atoms with van der Waals surface area (Å²) >= 11 is 0. The smallest absolute Gasteiger partial charge is 0.443 e. The Bertz CT molecular complexity index is 592. The number of aliphatic hydroxyl groups is 1. The molecule has 2 aliphatic rings. The summed E-state index contributed by atoms with van der Waals surface area (Å²) in [4.78, 5) is 38.4. The quantitative estimate of drug-likeness (QED) is 0.693. The SMILES string of the molecule is CC(C)(C)OC(=O)N1CCN(C(=O)C(F)(F)F)[C@]2(CC[C@@H](O)CC2)C1=O. The number of carbonyl (C=O) groups is 3. The van der Waals surface area contributed by atoms with Crippen LogP contribution in [-0.4, -0.2) is 69.3 Å². The highest BCUT2D eigenvalue weighted by molar-refractivity contribution is 6.01. The highest BCUT2D eigenvalue weighted by Crippen LogP contribution is 2.40. The van der Waals surface area contributed by atoms with Crippen LogP contribution in [0.15, 0.2) is 0 Å². The van der Waals surface area contributed by atoms with Gasteiger partial charge in [0.2, 0.25) is 0 Å². The predicted octanol–water partition coefficient (Wildman–Crippen LogP) is 1.83. The van der Waals surface area contributed by atoms with Gasteiger partial charge >= 0.3 is 18.2 Å². The zero-order valence-electron chi connectivity index (χ0n) is 14.9. The first-order valence-electron chi connectivity index (χ1n) is 8.40. The van der Waals surface area contributed by atoms with E-state index in [1.807, 2.05) is 0 Å². The molecule has 0 bridgehead atoms. The van der Waals surface area contributed by atoms with Crippen molar-refractivity contribution in [1.29, 1.82) is 0 Å². The minimum absolute atomic E-state index is 0.0650. The Kier molecular flexibility index (Phi) is 5.29. The molecule has 1 aliphatic heterocycles. The molecule has 1 spiro atoms. The Morgan fingerprint density at radius 2 is 1.69 bits per heavy atom. The number of nitrogens with zero attached hydrogens (tertiary/aromatic N) is 2. The maximum absolute atomic E-state index is 13.0. The molecule has 1 saturated heterocycles. The Labute approximate surface area is 149 Å². The molecule has 2 fully saturated rings. The number of alkyl halides is 3. The average Bonchev–Trinajstić information content (AvgIpc) is 2.49. The fraction of sp³-hybridized carbons (Fsp3) is 0.812. The minimum Gasteiger partial charge on any atom is -0.443 e. The number of hydrogen-bond donors (Lipinski definition) is 1. The maximum Gasteiger partial charge on any atom is 0.471 e. The van der Waals surface area contributed by atoms with Gasteiger partial charge in [-0.2, -0.15) is 13.2 Å². The lowest BCUT2D eigenvalue weighted by Gasteiger charge is -2.51. The number of aliphatic hydroxyl groups excluding tert-OH is 1. The van der Waals surface area contributed by atoms with Crippen molar-refractivity contribution in [2.75, 3.05) is 13.1 Å². The van der Waals surface area contributed by atoms with E-state index in [-0.39, 0.29) is 32.2 Å². The van der Waals surface area contributed by atoms with Crippen LogP contribution in [0.3, 0.4) is 0 Å². The van der Waals surface area contributed by atoms with E-state index in [1.54, 1.807) is 20.8 Å². The molecule has 0 aromatic carbocycles. The molecular formula is C16H23F3N2O5. The van der Waals surface area contributed by atoms with E-state index in [1.165, 1.54) is 0 Å². The van der Waals surface area contributed by atoms with Crippen molar-refractivity contribution in [3.05, 3.63) is 0 Å². The van der Waals surface area contributed by atoms with Crippen molar-refractivity contribution in [1.82, 2.24) is 9.80 Å². The van der Waals surface area contributed by atoms with Crippen LogP contribution in [0.1, 0.15) is 46.5 Å². The van der Waals surface area contributed by atoms with Gasteiger partial charge in [-0.25, -0.2) is 9.69 Å². The molecule has 10 heteroatoms. The molecule has 0 aromatic rings. The molecule has 0 aromatic heterocycles. The number of ether oxygens (including phenoxy) is 1. The van der Waals surface area contributed by atoms with Crippen molar-refractivity contribution < 1.29 is 37.4 Å². The molecule has 3 amide bonds. The summed E-state index contributed by atoms with van der Waals surface area (Å²) in [6.45, 7) is 4.00. The predicted molar refractivity (Wildman–Crippen MR) is 82.9 cm³/mol. The first kappa shape index (κ1) is 20.5. The van der Waals surface area contributed by atoms with Crippen LogP contribution in [0, 0.1) is 0 Å². The van der Waals surface area contributed by atoms with Crippen molar-refractivity contribution in [2.24, 2.45) is 0 Å². The average molecular weight is 380 g/mol. The van der Waals surface area contributed by atoms with Gasteiger partial charge in [-0.05, 0) is 46.5 Å². The zero-order chi connectivity index (χ0) is 19.9. The molecule has 26 heavy (non-hydrogen) atoms. The van der Waals surface area contributed by atoms with Gasteiger partial charge in [0.1, 0.15) is 11.1 Å². The number of carbonyl (C=O) groups excluding carboxylic acids is 3. The van der Waals surface area contributed by atoms with Crippen LogP contribution in [-0.2, 0) is 14.3 Å². The number of halogens is 3. The number of hydrogen-bond acceptors (Lipinski definition) is 5. The van der Waals surface area contributed by atoms with Gasteiger partial charge in [0.15, 0.2) is 0 Å². The van der Waals surface area contributed by atoms with Gasteiger partial charge in [0.05, 0.1) is 6.10 Å². The zero-order valence-corrected chi connectivity index (χ0v) is 14.9. The highest BCUT2D eigenvalue weighted by atomic mass is 19.4. The maximum atomic E-state index is 13.0. The lowest BCUT2D eigenvalue weighted by atomic mass is 9.76. The van der Waals surface area contributed by atoms with Gasteiger partial charge in [0, 0.05) is 13.1 Å². The molecule has 2 rings (SSSR count). The molecule has 148 valence electrons. The molecule has 7 nitrogen and oxygen atoms in total. The number of amides is 3. The first-order valence-corrected chi connectivity index (χ1v) is 8.40. The number of rotatable bonds is 0. The largest absolute Gasteiger partial charge is 0.471 e. The van der Waals surface area contributed by atoms with Gasteiger partial charge in [-0.1, -0.05) is 0 Å². The Morgan fingerprint density at radius 3 is 2.15 bits per heavy atom. The lowest BCUT2D eigenvalue weighted by molar-refractivity contribution is -0.199. The van der Waals surface area contributed by atoms with Crippen molar-refractivity contribution in [2.45, 2.75) is 69.9 Å². The van der Waals surface area contributed by atoms with Crippen molar-refractivity contribution >= 4 is 17.9 Å².